The fourth-order valence-electron chi connectivity index (χ4n) is 2.92. The Morgan fingerprint density at radius 1 is 1.19 bits per heavy atom. The van der Waals surface area contributed by atoms with Crippen molar-refractivity contribution in [3.8, 4) is 0 Å². The maximum Gasteiger partial charge on any atom is 0.256 e. The van der Waals surface area contributed by atoms with Gasteiger partial charge in [0, 0.05) is 17.3 Å². The fourth-order valence-corrected chi connectivity index (χ4v) is 3.12. The molecule has 108 valence electrons. The fraction of sp³-hybridized carbons (Fsp3) is 0.235. The Hall–Kier alpha value is -2.00. The summed E-state index contributed by atoms with van der Waals surface area (Å²) >= 11 is 6.07. The number of para-hydroxylation sites is 1. The molecule has 1 amide bonds. The smallest absolute Gasteiger partial charge is 0.256 e. The summed E-state index contributed by atoms with van der Waals surface area (Å²) in [6.07, 6.45) is 1.95. The van der Waals surface area contributed by atoms with Crippen molar-refractivity contribution in [2.75, 3.05) is 12.3 Å². The number of nitrogens with zero attached hydrogens (tertiary/aromatic N) is 1. The minimum Gasteiger partial charge on any atom is -0.398 e. The van der Waals surface area contributed by atoms with E-state index in [0.717, 1.165) is 24.9 Å². The summed E-state index contributed by atoms with van der Waals surface area (Å²) in [5.74, 6) is -0.00410. The van der Waals surface area contributed by atoms with Gasteiger partial charge in [-0.05, 0) is 42.7 Å². The van der Waals surface area contributed by atoms with Gasteiger partial charge in [-0.15, -0.1) is 0 Å². The Balaban J connectivity index is 1.91. The van der Waals surface area contributed by atoms with Crippen molar-refractivity contribution < 1.29 is 4.79 Å². The van der Waals surface area contributed by atoms with Crippen LogP contribution < -0.4 is 5.73 Å². The molecular weight excluding hydrogens is 284 g/mol. The van der Waals surface area contributed by atoms with Crippen molar-refractivity contribution in [3.05, 3.63) is 64.7 Å². The molecular formula is C17H17ClN2O. The molecule has 3 rings (SSSR count). The highest BCUT2D eigenvalue weighted by Gasteiger charge is 2.31. The van der Waals surface area contributed by atoms with Gasteiger partial charge in [-0.25, -0.2) is 0 Å². The zero-order valence-corrected chi connectivity index (χ0v) is 12.4. The number of hydrogen-bond acceptors (Lipinski definition) is 2. The van der Waals surface area contributed by atoms with Crippen LogP contribution in [0, 0.1) is 0 Å². The lowest BCUT2D eigenvalue weighted by Crippen LogP contribution is -2.31. The third-order valence-corrected chi connectivity index (χ3v) is 4.17. The van der Waals surface area contributed by atoms with E-state index in [1.54, 1.807) is 12.1 Å². The Labute approximate surface area is 129 Å². The Kier molecular flexibility index (Phi) is 3.84. The van der Waals surface area contributed by atoms with E-state index in [9.17, 15) is 4.79 Å². The van der Waals surface area contributed by atoms with Crippen LogP contribution >= 0.6 is 11.6 Å². The number of hydrogen-bond donors (Lipinski definition) is 1. The van der Waals surface area contributed by atoms with Gasteiger partial charge in [0.25, 0.3) is 5.91 Å². The van der Waals surface area contributed by atoms with Crippen molar-refractivity contribution >= 4 is 23.2 Å². The number of nitrogens with two attached hydrogens (primary N) is 1. The molecule has 2 aromatic rings. The van der Waals surface area contributed by atoms with Crippen LogP contribution in [-0.2, 0) is 0 Å². The topological polar surface area (TPSA) is 46.3 Å². The second kappa shape index (κ2) is 5.78. The summed E-state index contributed by atoms with van der Waals surface area (Å²) in [5, 5.41) is 0.700. The number of benzene rings is 2. The molecule has 1 saturated heterocycles. The zero-order valence-electron chi connectivity index (χ0n) is 11.6. The maximum absolute atomic E-state index is 12.7. The van der Waals surface area contributed by atoms with E-state index in [1.807, 2.05) is 41.3 Å². The van der Waals surface area contributed by atoms with Gasteiger partial charge in [-0.2, -0.15) is 0 Å². The molecule has 0 radical (unpaired) electrons. The Morgan fingerprint density at radius 2 is 2.00 bits per heavy atom. The summed E-state index contributed by atoms with van der Waals surface area (Å²) in [7, 11) is 0. The third-order valence-electron chi connectivity index (χ3n) is 3.94. The number of nitrogen functional groups attached to an aromatic ring is 1. The standard InChI is InChI=1S/C17H17ClN2O/c18-13-6-3-5-12(11-13)16-9-4-10-20(16)17(21)14-7-1-2-8-15(14)19/h1-3,5-8,11,16H,4,9-10,19H2. The molecule has 0 bridgehead atoms. The number of amides is 1. The molecule has 1 aliphatic rings. The van der Waals surface area contributed by atoms with Crippen molar-refractivity contribution in [2.24, 2.45) is 0 Å². The number of carbonyl (C=O) groups is 1. The summed E-state index contributed by atoms with van der Waals surface area (Å²) in [6, 6.07) is 15.0. The number of halogens is 1. The van der Waals surface area contributed by atoms with Gasteiger partial charge in [0.05, 0.1) is 11.6 Å². The molecule has 1 atom stereocenters. The summed E-state index contributed by atoms with van der Waals surface area (Å²) in [5.41, 5.74) is 8.12. The highest BCUT2D eigenvalue weighted by atomic mass is 35.5. The Bertz CT molecular complexity index is 671. The van der Waals surface area contributed by atoms with Gasteiger partial charge in [0.15, 0.2) is 0 Å². The SMILES string of the molecule is Nc1ccccc1C(=O)N1CCCC1c1cccc(Cl)c1. The molecule has 3 nitrogen and oxygen atoms in total. The van der Waals surface area contributed by atoms with Crippen LogP contribution in [0.4, 0.5) is 5.69 Å². The lowest BCUT2D eigenvalue weighted by atomic mass is 10.0. The predicted molar refractivity (Wildman–Crippen MR) is 85.3 cm³/mol. The third kappa shape index (κ3) is 2.74. The van der Waals surface area contributed by atoms with E-state index >= 15 is 0 Å². The van der Waals surface area contributed by atoms with E-state index in [2.05, 4.69) is 0 Å². The number of likely N-dealkylation sites (tertiary alicyclic amines) is 1. The van der Waals surface area contributed by atoms with Gasteiger partial charge >= 0.3 is 0 Å². The molecule has 0 spiro atoms. The molecule has 1 unspecified atom stereocenters. The van der Waals surface area contributed by atoms with Crippen molar-refractivity contribution in [1.82, 2.24) is 4.90 Å². The first-order valence-corrected chi connectivity index (χ1v) is 7.45. The van der Waals surface area contributed by atoms with Crippen LogP contribution in [0.5, 0.6) is 0 Å². The highest BCUT2D eigenvalue weighted by molar-refractivity contribution is 6.30. The minimum absolute atomic E-state index is 0.00410. The first-order chi connectivity index (χ1) is 10.2. The molecule has 2 N–H and O–H groups in total. The van der Waals surface area contributed by atoms with E-state index in [-0.39, 0.29) is 11.9 Å². The first kappa shape index (κ1) is 14.0. The van der Waals surface area contributed by atoms with Crippen LogP contribution in [0.3, 0.4) is 0 Å². The molecule has 1 fully saturated rings. The van der Waals surface area contributed by atoms with Crippen LogP contribution in [-0.4, -0.2) is 17.4 Å². The van der Waals surface area contributed by atoms with Crippen LogP contribution in [0.15, 0.2) is 48.5 Å². The maximum atomic E-state index is 12.7. The first-order valence-electron chi connectivity index (χ1n) is 7.08. The largest absolute Gasteiger partial charge is 0.398 e. The monoisotopic (exact) mass is 300 g/mol. The molecule has 0 saturated carbocycles. The second-order valence-electron chi connectivity index (χ2n) is 5.30. The predicted octanol–water partition coefficient (Wildman–Crippen LogP) is 3.90. The quantitative estimate of drug-likeness (QED) is 0.855. The summed E-state index contributed by atoms with van der Waals surface area (Å²) in [4.78, 5) is 14.6. The second-order valence-corrected chi connectivity index (χ2v) is 5.74. The van der Waals surface area contributed by atoms with Crippen LogP contribution in [0.2, 0.25) is 5.02 Å². The molecule has 21 heavy (non-hydrogen) atoms. The van der Waals surface area contributed by atoms with E-state index in [1.165, 1.54) is 0 Å². The Morgan fingerprint density at radius 3 is 2.76 bits per heavy atom. The summed E-state index contributed by atoms with van der Waals surface area (Å²) in [6.45, 7) is 0.754. The van der Waals surface area contributed by atoms with Gasteiger partial charge in [0.1, 0.15) is 0 Å². The molecule has 1 aliphatic heterocycles. The van der Waals surface area contributed by atoms with Gasteiger partial charge in [-0.3, -0.25) is 4.79 Å². The minimum atomic E-state index is -0.00410. The normalized spacial score (nSPS) is 18.0. The van der Waals surface area contributed by atoms with Crippen LogP contribution in [0.25, 0.3) is 0 Å². The van der Waals surface area contributed by atoms with Crippen LogP contribution in [0.1, 0.15) is 34.8 Å². The van der Waals surface area contributed by atoms with Crippen molar-refractivity contribution in [3.63, 3.8) is 0 Å². The van der Waals surface area contributed by atoms with Gasteiger partial charge in [-0.1, -0.05) is 35.9 Å². The van der Waals surface area contributed by atoms with E-state index in [4.69, 9.17) is 17.3 Å². The van der Waals surface area contributed by atoms with Crippen molar-refractivity contribution in [1.29, 1.82) is 0 Å². The molecule has 0 aliphatic carbocycles. The molecule has 1 heterocycles. The van der Waals surface area contributed by atoms with Gasteiger partial charge in [0.2, 0.25) is 0 Å². The average molecular weight is 301 g/mol. The summed E-state index contributed by atoms with van der Waals surface area (Å²) < 4.78 is 0. The van der Waals surface area contributed by atoms with E-state index in [0.29, 0.717) is 16.3 Å². The van der Waals surface area contributed by atoms with Crippen molar-refractivity contribution in [2.45, 2.75) is 18.9 Å². The molecule has 0 aromatic heterocycles. The number of carbonyl (C=O) groups excluding carboxylic acids is 1. The number of rotatable bonds is 2. The van der Waals surface area contributed by atoms with Gasteiger partial charge < -0.3 is 10.6 Å². The zero-order chi connectivity index (χ0) is 14.8. The highest BCUT2D eigenvalue weighted by Crippen LogP contribution is 2.34. The average Bonchev–Trinajstić information content (AvgIpc) is 2.96. The van der Waals surface area contributed by atoms with E-state index < -0.39 is 0 Å². The number of anilines is 1. The lowest BCUT2D eigenvalue weighted by molar-refractivity contribution is 0.0736. The molecule has 4 heteroatoms. The lowest BCUT2D eigenvalue weighted by Gasteiger charge is -2.25. The molecule has 2 aromatic carbocycles.